The Kier molecular flexibility index (Phi) is 7.49. The number of sulfonamides is 1. The van der Waals surface area contributed by atoms with E-state index in [2.05, 4.69) is 14.9 Å². The fourth-order valence-electron chi connectivity index (χ4n) is 4.23. The molecule has 0 radical (unpaired) electrons. The second-order valence-corrected chi connectivity index (χ2v) is 9.89. The molecular weight excluding hydrogens is 450 g/mol. The number of nitrogens with zero attached hydrogens (tertiary/aromatic N) is 1. The third kappa shape index (κ3) is 5.58. The molecular formula is C26H29N3O4S. The van der Waals surface area contributed by atoms with Gasteiger partial charge in [-0.2, -0.15) is 0 Å². The van der Waals surface area contributed by atoms with Crippen LogP contribution in [0.4, 0.5) is 5.69 Å². The Morgan fingerprint density at radius 3 is 2.26 bits per heavy atom. The van der Waals surface area contributed by atoms with Crippen LogP contribution < -0.4 is 14.8 Å². The van der Waals surface area contributed by atoms with Crippen LogP contribution in [-0.2, 0) is 10.0 Å². The van der Waals surface area contributed by atoms with Crippen molar-refractivity contribution in [1.82, 2.24) is 10.2 Å². The van der Waals surface area contributed by atoms with Crippen LogP contribution in [0.5, 0.6) is 5.75 Å². The molecule has 1 heterocycles. The standard InChI is InChI=1S/C26H29N3O4S/c1-33-25-12-6-5-11-23(25)24(29-17-7-8-18-29)19-27-26(30)20-13-15-22(16-14-20)34(31,32)28-21-9-3-2-4-10-21/h2-6,9-16,24,28H,7-8,17-19H2,1H3,(H,27,30). The fraction of sp³-hybridized carbons (Fsp3) is 0.269. The molecule has 1 fully saturated rings. The average molecular weight is 480 g/mol. The maximum Gasteiger partial charge on any atom is 0.261 e. The monoisotopic (exact) mass is 479 g/mol. The van der Waals surface area contributed by atoms with Crippen molar-refractivity contribution in [3.63, 3.8) is 0 Å². The molecule has 1 amide bonds. The van der Waals surface area contributed by atoms with Crippen molar-refractivity contribution in [3.05, 3.63) is 90.0 Å². The Balaban J connectivity index is 1.45. The number of methoxy groups -OCH3 is 1. The van der Waals surface area contributed by atoms with Crippen LogP contribution in [0.2, 0.25) is 0 Å². The zero-order valence-electron chi connectivity index (χ0n) is 19.1. The van der Waals surface area contributed by atoms with Gasteiger partial charge in [0.05, 0.1) is 18.0 Å². The van der Waals surface area contributed by atoms with E-state index in [1.54, 1.807) is 31.4 Å². The van der Waals surface area contributed by atoms with Gasteiger partial charge < -0.3 is 10.1 Å². The van der Waals surface area contributed by atoms with Gasteiger partial charge in [0.2, 0.25) is 0 Å². The molecule has 178 valence electrons. The van der Waals surface area contributed by atoms with E-state index < -0.39 is 10.0 Å². The molecule has 34 heavy (non-hydrogen) atoms. The van der Waals surface area contributed by atoms with Crippen LogP contribution in [-0.4, -0.2) is 46.0 Å². The number of nitrogens with one attached hydrogen (secondary N) is 2. The number of benzene rings is 3. The van der Waals surface area contributed by atoms with E-state index >= 15 is 0 Å². The molecule has 0 aromatic heterocycles. The number of carbonyl (C=O) groups excluding carboxylic acids is 1. The lowest BCUT2D eigenvalue weighted by Crippen LogP contribution is -2.37. The summed E-state index contributed by atoms with van der Waals surface area (Å²) in [5.74, 6) is 0.549. The Bertz CT molecular complexity index is 1210. The SMILES string of the molecule is COc1ccccc1C(CNC(=O)c1ccc(S(=O)(=O)Nc2ccccc2)cc1)N1CCCC1. The van der Waals surface area contributed by atoms with Gasteiger partial charge in [0, 0.05) is 23.4 Å². The molecule has 0 bridgehead atoms. The number of para-hydroxylation sites is 2. The van der Waals surface area contributed by atoms with Crippen molar-refractivity contribution in [2.75, 3.05) is 31.5 Å². The minimum Gasteiger partial charge on any atom is -0.496 e. The van der Waals surface area contributed by atoms with Gasteiger partial charge in [0.15, 0.2) is 0 Å². The van der Waals surface area contributed by atoms with Gasteiger partial charge in [-0.1, -0.05) is 36.4 Å². The summed E-state index contributed by atoms with van der Waals surface area (Å²) in [6.45, 7) is 2.37. The molecule has 0 spiro atoms. The quantitative estimate of drug-likeness (QED) is 0.483. The zero-order chi connectivity index (χ0) is 24.0. The van der Waals surface area contributed by atoms with Crippen LogP contribution in [0.15, 0.2) is 83.8 Å². The van der Waals surface area contributed by atoms with Crippen LogP contribution >= 0.6 is 0 Å². The Morgan fingerprint density at radius 2 is 1.59 bits per heavy atom. The highest BCUT2D eigenvalue weighted by Crippen LogP contribution is 2.31. The van der Waals surface area contributed by atoms with Gasteiger partial charge in [0.1, 0.15) is 5.75 Å². The van der Waals surface area contributed by atoms with E-state index in [1.165, 1.54) is 24.3 Å². The number of hydrogen-bond acceptors (Lipinski definition) is 5. The van der Waals surface area contributed by atoms with E-state index in [-0.39, 0.29) is 16.8 Å². The summed E-state index contributed by atoms with van der Waals surface area (Å²) in [6.07, 6.45) is 2.26. The molecule has 8 heteroatoms. The first-order valence-electron chi connectivity index (χ1n) is 11.3. The normalized spacial score (nSPS) is 15.0. The van der Waals surface area contributed by atoms with Crippen molar-refractivity contribution < 1.29 is 17.9 Å². The van der Waals surface area contributed by atoms with Gasteiger partial charge in [-0.05, 0) is 68.4 Å². The van der Waals surface area contributed by atoms with Crippen molar-refractivity contribution in [3.8, 4) is 5.75 Å². The highest BCUT2D eigenvalue weighted by molar-refractivity contribution is 7.92. The van der Waals surface area contributed by atoms with E-state index in [9.17, 15) is 13.2 Å². The lowest BCUT2D eigenvalue weighted by Gasteiger charge is -2.29. The summed E-state index contributed by atoms with van der Waals surface area (Å²) in [5, 5.41) is 3.02. The first kappa shape index (κ1) is 23.8. The number of amides is 1. The summed E-state index contributed by atoms with van der Waals surface area (Å²) in [4.78, 5) is 15.3. The predicted octanol–water partition coefficient (Wildman–Crippen LogP) is 4.06. The number of likely N-dealkylation sites (tertiary alicyclic amines) is 1. The van der Waals surface area contributed by atoms with Gasteiger partial charge in [-0.15, -0.1) is 0 Å². The van der Waals surface area contributed by atoms with Crippen LogP contribution in [0.25, 0.3) is 0 Å². The van der Waals surface area contributed by atoms with E-state index in [0.29, 0.717) is 17.8 Å². The predicted molar refractivity (Wildman–Crippen MR) is 133 cm³/mol. The number of carbonyl (C=O) groups is 1. The summed E-state index contributed by atoms with van der Waals surface area (Å²) in [6, 6.07) is 22.5. The van der Waals surface area contributed by atoms with Crippen molar-refractivity contribution >= 4 is 21.6 Å². The molecule has 7 nitrogen and oxygen atoms in total. The van der Waals surface area contributed by atoms with E-state index in [1.807, 2.05) is 30.3 Å². The molecule has 3 aromatic carbocycles. The van der Waals surface area contributed by atoms with E-state index in [0.717, 1.165) is 37.2 Å². The Morgan fingerprint density at radius 1 is 0.941 bits per heavy atom. The summed E-state index contributed by atoms with van der Waals surface area (Å²) < 4.78 is 33.4. The third-order valence-electron chi connectivity index (χ3n) is 5.99. The van der Waals surface area contributed by atoms with Gasteiger partial charge in [0.25, 0.3) is 15.9 Å². The highest BCUT2D eigenvalue weighted by atomic mass is 32.2. The molecule has 2 N–H and O–H groups in total. The first-order valence-corrected chi connectivity index (χ1v) is 12.8. The van der Waals surface area contributed by atoms with Crippen LogP contribution in [0, 0.1) is 0 Å². The molecule has 1 atom stereocenters. The smallest absolute Gasteiger partial charge is 0.261 e. The number of rotatable bonds is 9. The minimum atomic E-state index is -3.74. The Hall–Kier alpha value is -3.36. The molecule has 0 aliphatic carbocycles. The maximum absolute atomic E-state index is 12.9. The highest BCUT2D eigenvalue weighted by Gasteiger charge is 2.26. The summed E-state index contributed by atoms with van der Waals surface area (Å²) in [7, 11) is -2.09. The van der Waals surface area contributed by atoms with E-state index in [4.69, 9.17) is 4.74 Å². The molecule has 1 unspecified atom stereocenters. The van der Waals surface area contributed by atoms with Crippen molar-refractivity contribution in [2.45, 2.75) is 23.8 Å². The summed E-state index contributed by atoms with van der Waals surface area (Å²) >= 11 is 0. The first-order chi connectivity index (χ1) is 16.5. The van der Waals surface area contributed by atoms with Gasteiger partial charge >= 0.3 is 0 Å². The molecule has 1 aliphatic heterocycles. The topological polar surface area (TPSA) is 87.7 Å². The Labute approximate surface area is 200 Å². The molecule has 0 saturated carbocycles. The fourth-order valence-corrected chi connectivity index (χ4v) is 5.29. The minimum absolute atomic E-state index is 0.00248. The molecule has 1 saturated heterocycles. The number of ether oxygens (including phenoxy) is 1. The second kappa shape index (κ2) is 10.7. The average Bonchev–Trinajstić information content (AvgIpc) is 3.39. The zero-order valence-corrected chi connectivity index (χ0v) is 19.9. The largest absolute Gasteiger partial charge is 0.496 e. The lowest BCUT2D eigenvalue weighted by molar-refractivity contribution is 0.0937. The van der Waals surface area contributed by atoms with Crippen molar-refractivity contribution in [2.24, 2.45) is 0 Å². The lowest BCUT2D eigenvalue weighted by atomic mass is 10.0. The number of hydrogen-bond donors (Lipinski definition) is 2. The second-order valence-electron chi connectivity index (χ2n) is 8.21. The molecule has 1 aliphatic rings. The van der Waals surface area contributed by atoms with Gasteiger partial charge in [-0.25, -0.2) is 8.42 Å². The number of anilines is 1. The summed E-state index contributed by atoms with van der Waals surface area (Å²) in [5.41, 5.74) is 1.92. The van der Waals surface area contributed by atoms with Crippen LogP contribution in [0.1, 0.15) is 34.8 Å². The third-order valence-corrected chi connectivity index (χ3v) is 7.39. The van der Waals surface area contributed by atoms with Gasteiger partial charge in [-0.3, -0.25) is 14.4 Å². The van der Waals surface area contributed by atoms with Crippen molar-refractivity contribution in [1.29, 1.82) is 0 Å². The molecule has 4 rings (SSSR count). The molecule has 3 aromatic rings. The maximum atomic E-state index is 12.9. The van der Waals surface area contributed by atoms with Crippen LogP contribution in [0.3, 0.4) is 0 Å².